The molecule has 148 valence electrons. The van der Waals surface area contributed by atoms with Crippen LogP contribution in [0.2, 0.25) is 0 Å². The van der Waals surface area contributed by atoms with Crippen LogP contribution in [0.15, 0.2) is 23.2 Å². The predicted octanol–water partition coefficient (Wildman–Crippen LogP) is 2.60. The zero-order valence-electron chi connectivity index (χ0n) is 15.3. The van der Waals surface area contributed by atoms with Crippen molar-refractivity contribution in [3.05, 3.63) is 35.4 Å². The van der Waals surface area contributed by atoms with Gasteiger partial charge in [0.2, 0.25) is 0 Å². The van der Waals surface area contributed by atoms with E-state index in [1.54, 1.807) is 13.8 Å². The Kier molecular flexibility index (Phi) is 8.25. The number of halogens is 3. The molecule has 1 saturated heterocycles. The van der Waals surface area contributed by atoms with Gasteiger partial charge in [-0.15, -0.1) is 24.0 Å². The highest BCUT2D eigenvalue weighted by atomic mass is 127. The molecule has 0 spiro atoms. The molecule has 1 aliphatic rings. The first-order valence-corrected chi connectivity index (χ1v) is 10.0. The van der Waals surface area contributed by atoms with E-state index in [1.807, 2.05) is 11.8 Å². The van der Waals surface area contributed by atoms with Gasteiger partial charge in [0.25, 0.3) is 0 Å². The van der Waals surface area contributed by atoms with Crippen LogP contribution in [0.1, 0.15) is 26.3 Å². The molecule has 0 aliphatic carbocycles. The lowest BCUT2D eigenvalue weighted by Gasteiger charge is -2.39. The molecule has 1 heterocycles. The van der Waals surface area contributed by atoms with Crippen LogP contribution in [0.5, 0.6) is 0 Å². The molecule has 0 saturated carbocycles. The summed E-state index contributed by atoms with van der Waals surface area (Å²) in [4.78, 5) is 6.37. The van der Waals surface area contributed by atoms with Gasteiger partial charge in [0.1, 0.15) is 0 Å². The first-order valence-electron chi connectivity index (χ1n) is 8.36. The molecule has 5 nitrogen and oxygen atoms in total. The second-order valence-electron chi connectivity index (χ2n) is 6.70. The Hall–Kier alpha value is -0.970. The van der Waals surface area contributed by atoms with Crippen LogP contribution in [0, 0.1) is 11.6 Å². The first-order chi connectivity index (χ1) is 11.7. The fourth-order valence-corrected chi connectivity index (χ4v) is 4.14. The summed E-state index contributed by atoms with van der Waals surface area (Å²) in [5.74, 6) is -1.03. The number of sulfone groups is 1. The van der Waals surface area contributed by atoms with Gasteiger partial charge >= 0.3 is 0 Å². The van der Waals surface area contributed by atoms with Crippen LogP contribution >= 0.6 is 24.0 Å². The summed E-state index contributed by atoms with van der Waals surface area (Å²) in [7, 11) is -3.13. The van der Waals surface area contributed by atoms with Gasteiger partial charge in [-0.25, -0.2) is 17.2 Å². The number of nitrogens with one attached hydrogen (secondary N) is 1. The van der Waals surface area contributed by atoms with E-state index in [0.29, 0.717) is 25.6 Å². The van der Waals surface area contributed by atoms with Crippen molar-refractivity contribution in [2.75, 3.05) is 31.9 Å². The molecular weight excluding hydrogens is 475 g/mol. The summed E-state index contributed by atoms with van der Waals surface area (Å²) in [5.41, 5.74) is 0.279. The van der Waals surface area contributed by atoms with Crippen LogP contribution < -0.4 is 5.32 Å². The second kappa shape index (κ2) is 9.29. The van der Waals surface area contributed by atoms with E-state index in [9.17, 15) is 17.2 Å². The fraction of sp³-hybridized carbons (Fsp3) is 0.588. The number of benzene rings is 1. The molecule has 1 fully saturated rings. The Bertz CT molecular complexity index is 754. The van der Waals surface area contributed by atoms with Crippen molar-refractivity contribution in [2.45, 2.75) is 31.9 Å². The van der Waals surface area contributed by atoms with Crippen molar-refractivity contribution in [2.24, 2.45) is 4.99 Å². The summed E-state index contributed by atoms with van der Waals surface area (Å²) in [6, 6.07) is 4.10. The molecule has 2 rings (SSSR count). The van der Waals surface area contributed by atoms with Gasteiger partial charge in [-0.1, -0.05) is 12.1 Å². The number of guanidine groups is 1. The summed E-state index contributed by atoms with van der Waals surface area (Å²) in [6.45, 7) is 6.97. The molecule has 9 heteroatoms. The summed E-state index contributed by atoms with van der Waals surface area (Å²) in [6.07, 6.45) is 0.272. The van der Waals surface area contributed by atoms with Crippen LogP contribution in [0.3, 0.4) is 0 Å². The maximum atomic E-state index is 13.7. The lowest BCUT2D eigenvalue weighted by Crippen LogP contribution is -2.57. The molecule has 1 N–H and O–H groups in total. The van der Waals surface area contributed by atoms with E-state index in [0.717, 1.165) is 6.07 Å². The zero-order chi connectivity index (χ0) is 18.7. The number of hydrogen-bond donors (Lipinski definition) is 1. The Morgan fingerprint density at radius 3 is 2.65 bits per heavy atom. The average Bonchev–Trinajstić information content (AvgIpc) is 2.53. The topological polar surface area (TPSA) is 61.8 Å². The van der Waals surface area contributed by atoms with E-state index in [4.69, 9.17) is 0 Å². The van der Waals surface area contributed by atoms with Crippen molar-refractivity contribution >= 4 is 39.8 Å². The van der Waals surface area contributed by atoms with E-state index in [2.05, 4.69) is 10.3 Å². The van der Waals surface area contributed by atoms with Crippen molar-refractivity contribution < 1.29 is 17.2 Å². The van der Waals surface area contributed by atoms with Crippen molar-refractivity contribution in [3.8, 4) is 0 Å². The molecule has 0 atom stereocenters. The lowest BCUT2D eigenvalue weighted by molar-refractivity contribution is 0.353. The lowest BCUT2D eigenvalue weighted by atomic mass is 10.1. The van der Waals surface area contributed by atoms with Crippen molar-refractivity contribution in [1.82, 2.24) is 10.2 Å². The van der Waals surface area contributed by atoms with Gasteiger partial charge in [0, 0.05) is 26.2 Å². The monoisotopic (exact) mass is 501 g/mol. The number of nitrogens with zero attached hydrogens (tertiary/aromatic N) is 2. The molecule has 0 bridgehead atoms. The molecule has 1 aliphatic heterocycles. The third-order valence-electron chi connectivity index (χ3n) is 4.35. The molecule has 26 heavy (non-hydrogen) atoms. The highest BCUT2D eigenvalue weighted by Gasteiger charge is 2.40. The predicted molar refractivity (Wildman–Crippen MR) is 111 cm³/mol. The van der Waals surface area contributed by atoms with Gasteiger partial charge in [-0.3, -0.25) is 4.99 Å². The molecule has 0 unspecified atom stereocenters. The Morgan fingerprint density at radius 2 is 2.04 bits per heavy atom. The molecule has 0 radical (unpaired) electrons. The van der Waals surface area contributed by atoms with E-state index >= 15 is 0 Å². The maximum Gasteiger partial charge on any atom is 0.194 e. The highest BCUT2D eigenvalue weighted by Crippen LogP contribution is 2.23. The van der Waals surface area contributed by atoms with Crippen molar-refractivity contribution in [3.63, 3.8) is 0 Å². The average molecular weight is 501 g/mol. The van der Waals surface area contributed by atoms with Crippen LogP contribution in [-0.4, -0.2) is 56.0 Å². The smallest absolute Gasteiger partial charge is 0.194 e. The number of aliphatic imine (C=N–C) groups is 1. The minimum absolute atomic E-state index is 0. The summed E-state index contributed by atoms with van der Waals surface area (Å²) < 4.78 is 50.4. The minimum atomic E-state index is -3.13. The first kappa shape index (κ1) is 23.1. The number of rotatable bonds is 4. The molecule has 1 aromatic rings. The Morgan fingerprint density at radius 1 is 1.35 bits per heavy atom. The van der Waals surface area contributed by atoms with Gasteiger partial charge in [0.15, 0.2) is 27.4 Å². The highest BCUT2D eigenvalue weighted by molar-refractivity contribution is 14.0. The fourth-order valence-electron chi connectivity index (χ4n) is 2.77. The zero-order valence-corrected chi connectivity index (χ0v) is 18.4. The minimum Gasteiger partial charge on any atom is -0.357 e. The van der Waals surface area contributed by atoms with Gasteiger partial charge < -0.3 is 10.2 Å². The van der Waals surface area contributed by atoms with Crippen LogP contribution in [-0.2, 0) is 16.3 Å². The van der Waals surface area contributed by atoms with Gasteiger partial charge in [0.05, 0.1) is 10.5 Å². The molecule has 0 amide bonds. The molecule has 1 aromatic carbocycles. The standard InChI is InChI=1S/C17H25F2N3O2S.HI/c1-4-20-16(22-10-11-25(23,24)17(2,3)12-22)21-9-8-13-6-5-7-14(18)15(13)19;/h5-7H,4,8-12H2,1-3H3,(H,20,21);1H. The van der Waals surface area contributed by atoms with E-state index in [-0.39, 0.29) is 48.3 Å². The number of hydrogen-bond acceptors (Lipinski definition) is 3. The summed E-state index contributed by atoms with van der Waals surface area (Å²) >= 11 is 0. The van der Waals surface area contributed by atoms with E-state index in [1.165, 1.54) is 12.1 Å². The Labute approximate surface area is 171 Å². The summed E-state index contributed by atoms with van der Waals surface area (Å²) in [5, 5.41) is 3.14. The third-order valence-corrected chi connectivity index (χ3v) is 6.89. The van der Waals surface area contributed by atoms with Gasteiger partial charge in [-0.05, 0) is 38.8 Å². The van der Waals surface area contributed by atoms with E-state index < -0.39 is 26.2 Å². The van der Waals surface area contributed by atoms with Crippen LogP contribution in [0.25, 0.3) is 0 Å². The van der Waals surface area contributed by atoms with Crippen molar-refractivity contribution in [1.29, 1.82) is 0 Å². The normalized spacial score (nSPS) is 19.0. The third kappa shape index (κ3) is 5.28. The molecule has 0 aromatic heterocycles. The second-order valence-corrected chi connectivity index (χ2v) is 9.44. The molecular formula is C17H26F2IN3O2S. The van der Waals surface area contributed by atoms with Gasteiger partial charge in [-0.2, -0.15) is 0 Å². The quantitative estimate of drug-likeness (QED) is 0.392. The Balaban J connectivity index is 0.00000338. The van der Waals surface area contributed by atoms with Crippen LogP contribution in [0.4, 0.5) is 8.78 Å². The SMILES string of the molecule is CCNC(=NCCc1cccc(F)c1F)N1CCS(=O)(=O)C(C)(C)C1.I. The largest absolute Gasteiger partial charge is 0.357 e. The maximum absolute atomic E-state index is 13.7.